The van der Waals surface area contributed by atoms with Gasteiger partial charge in [0.25, 0.3) is 0 Å². The molecule has 0 heterocycles. The summed E-state index contributed by atoms with van der Waals surface area (Å²) in [4.78, 5) is 9.34. The molecule has 0 bridgehead atoms. The van der Waals surface area contributed by atoms with E-state index in [4.69, 9.17) is 9.05 Å². The van der Waals surface area contributed by atoms with Gasteiger partial charge in [-0.15, -0.1) is 0 Å². The third-order valence-corrected chi connectivity index (χ3v) is 3.13. The predicted molar refractivity (Wildman–Crippen MR) is 69.3 cm³/mol. The molecular formula is C12H27O3P. The maximum absolute atomic E-state index is 9.34. The average molecular weight is 250 g/mol. The zero-order valence-electron chi connectivity index (χ0n) is 10.9. The lowest BCUT2D eigenvalue weighted by Gasteiger charge is -2.10. The van der Waals surface area contributed by atoms with Crippen molar-refractivity contribution in [2.24, 2.45) is 5.92 Å². The van der Waals surface area contributed by atoms with Gasteiger partial charge in [0.1, 0.15) is 0 Å². The van der Waals surface area contributed by atoms with Crippen molar-refractivity contribution in [3.8, 4) is 0 Å². The van der Waals surface area contributed by atoms with Crippen molar-refractivity contribution >= 4 is 8.60 Å². The number of hydrogen-bond acceptors (Lipinski definition) is 3. The second kappa shape index (κ2) is 11.8. The molecule has 1 N–H and O–H groups in total. The van der Waals surface area contributed by atoms with Crippen LogP contribution in [0.2, 0.25) is 0 Å². The Labute approximate surface area is 102 Å². The van der Waals surface area contributed by atoms with Crippen LogP contribution in [0.3, 0.4) is 0 Å². The fourth-order valence-corrected chi connectivity index (χ4v) is 1.94. The number of unbranched alkanes of at least 4 members (excludes halogenated alkanes) is 3. The van der Waals surface area contributed by atoms with Crippen LogP contribution in [-0.2, 0) is 9.05 Å². The van der Waals surface area contributed by atoms with E-state index in [2.05, 4.69) is 20.8 Å². The van der Waals surface area contributed by atoms with E-state index in [1.54, 1.807) is 0 Å². The Balaban J connectivity index is 3.12. The highest BCUT2D eigenvalue weighted by Crippen LogP contribution is 2.33. The van der Waals surface area contributed by atoms with Gasteiger partial charge in [-0.3, -0.25) is 0 Å². The molecule has 0 aromatic heterocycles. The second-order valence-corrected chi connectivity index (χ2v) is 5.49. The SMILES string of the molecule is CCCCOP(O)OCCCCCC(C)C. The largest absolute Gasteiger partial charge is 0.329 e. The molecule has 0 aliphatic carbocycles. The van der Waals surface area contributed by atoms with Gasteiger partial charge in [-0.1, -0.05) is 46.5 Å². The molecule has 0 aromatic rings. The summed E-state index contributed by atoms with van der Waals surface area (Å²) in [6, 6.07) is 0. The minimum Gasteiger partial charge on any atom is -0.328 e. The van der Waals surface area contributed by atoms with E-state index in [0.29, 0.717) is 13.2 Å². The molecule has 4 heteroatoms. The van der Waals surface area contributed by atoms with Crippen LogP contribution in [0.5, 0.6) is 0 Å². The molecule has 1 atom stereocenters. The van der Waals surface area contributed by atoms with Crippen LogP contribution in [0.25, 0.3) is 0 Å². The van der Waals surface area contributed by atoms with Gasteiger partial charge >= 0.3 is 8.60 Å². The van der Waals surface area contributed by atoms with Gasteiger partial charge in [0, 0.05) is 0 Å². The topological polar surface area (TPSA) is 38.7 Å². The Morgan fingerprint density at radius 1 is 1.00 bits per heavy atom. The molecule has 0 rings (SSSR count). The lowest BCUT2D eigenvalue weighted by atomic mass is 10.1. The molecule has 0 saturated heterocycles. The first kappa shape index (κ1) is 16.3. The summed E-state index contributed by atoms with van der Waals surface area (Å²) in [5, 5.41) is 0. The molecule has 0 fully saturated rings. The Bertz CT molecular complexity index is 142. The Kier molecular flexibility index (Phi) is 12.0. The maximum atomic E-state index is 9.34. The molecule has 0 spiro atoms. The number of hydrogen-bond donors (Lipinski definition) is 1. The highest BCUT2D eigenvalue weighted by atomic mass is 31.2. The van der Waals surface area contributed by atoms with E-state index in [9.17, 15) is 4.89 Å². The molecule has 16 heavy (non-hydrogen) atoms. The predicted octanol–water partition coefficient (Wildman–Crippen LogP) is 4.26. The van der Waals surface area contributed by atoms with Crippen LogP contribution in [0.15, 0.2) is 0 Å². The minimum atomic E-state index is -1.63. The quantitative estimate of drug-likeness (QED) is 0.440. The highest BCUT2D eigenvalue weighted by molar-refractivity contribution is 7.40. The molecule has 1 unspecified atom stereocenters. The fourth-order valence-electron chi connectivity index (χ4n) is 1.30. The Morgan fingerprint density at radius 2 is 1.62 bits per heavy atom. The lowest BCUT2D eigenvalue weighted by molar-refractivity contribution is 0.194. The highest BCUT2D eigenvalue weighted by Gasteiger charge is 2.05. The molecule has 0 aromatic carbocycles. The van der Waals surface area contributed by atoms with E-state index in [1.807, 2.05) is 0 Å². The molecule has 3 nitrogen and oxygen atoms in total. The standard InChI is InChI=1S/C12H27O3P/c1-4-5-10-14-16(13)15-11-8-6-7-9-12(2)3/h12-13H,4-11H2,1-3H3. The minimum absolute atomic E-state index is 0.603. The summed E-state index contributed by atoms with van der Waals surface area (Å²) in [5.74, 6) is 0.785. The first-order valence-corrected chi connectivity index (χ1v) is 7.54. The van der Waals surface area contributed by atoms with E-state index in [0.717, 1.165) is 25.2 Å². The van der Waals surface area contributed by atoms with Gasteiger partial charge in [-0.25, -0.2) is 0 Å². The smallest absolute Gasteiger partial charge is 0.328 e. The first-order valence-electron chi connectivity index (χ1n) is 6.41. The van der Waals surface area contributed by atoms with Crippen LogP contribution < -0.4 is 0 Å². The summed E-state index contributed by atoms with van der Waals surface area (Å²) in [6.45, 7) is 7.80. The third kappa shape index (κ3) is 12.4. The molecule has 0 amide bonds. The van der Waals surface area contributed by atoms with Crippen LogP contribution in [0, 0.1) is 5.92 Å². The fraction of sp³-hybridized carbons (Fsp3) is 1.00. The van der Waals surface area contributed by atoms with Crippen molar-refractivity contribution in [3.63, 3.8) is 0 Å². The molecule has 0 radical (unpaired) electrons. The van der Waals surface area contributed by atoms with Gasteiger partial charge in [0.15, 0.2) is 0 Å². The van der Waals surface area contributed by atoms with E-state index >= 15 is 0 Å². The molecule has 0 aliphatic rings. The zero-order valence-corrected chi connectivity index (χ0v) is 11.8. The molecule has 98 valence electrons. The number of rotatable bonds is 11. The lowest BCUT2D eigenvalue weighted by Crippen LogP contribution is -1.95. The second-order valence-electron chi connectivity index (χ2n) is 4.50. The van der Waals surface area contributed by atoms with Crippen LogP contribution in [0.1, 0.15) is 59.3 Å². The van der Waals surface area contributed by atoms with Crippen molar-refractivity contribution in [1.82, 2.24) is 0 Å². The van der Waals surface area contributed by atoms with Gasteiger partial charge in [0.2, 0.25) is 0 Å². The normalized spacial score (nSPS) is 13.3. The summed E-state index contributed by atoms with van der Waals surface area (Å²) in [6.07, 6.45) is 6.79. The summed E-state index contributed by atoms with van der Waals surface area (Å²) < 4.78 is 10.3. The van der Waals surface area contributed by atoms with Gasteiger partial charge in [-0.2, -0.15) is 0 Å². The van der Waals surface area contributed by atoms with Gasteiger partial charge in [-0.05, 0) is 18.8 Å². The zero-order chi connectivity index (χ0) is 12.2. The Morgan fingerprint density at radius 3 is 2.19 bits per heavy atom. The molecule has 0 saturated carbocycles. The van der Waals surface area contributed by atoms with Crippen LogP contribution in [0.4, 0.5) is 0 Å². The van der Waals surface area contributed by atoms with Gasteiger partial charge < -0.3 is 13.9 Å². The van der Waals surface area contributed by atoms with E-state index in [1.165, 1.54) is 19.3 Å². The summed E-state index contributed by atoms with van der Waals surface area (Å²) in [7, 11) is -1.63. The van der Waals surface area contributed by atoms with Crippen molar-refractivity contribution in [1.29, 1.82) is 0 Å². The first-order chi connectivity index (χ1) is 7.66. The average Bonchev–Trinajstić information content (AvgIpc) is 2.23. The van der Waals surface area contributed by atoms with Crippen LogP contribution >= 0.6 is 8.60 Å². The summed E-state index contributed by atoms with van der Waals surface area (Å²) >= 11 is 0. The van der Waals surface area contributed by atoms with E-state index in [-0.39, 0.29) is 0 Å². The van der Waals surface area contributed by atoms with E-state index < -0.39 is 8.60 Å². The monoisotopic (exact) mass is 250 g/mol. The Hall–Kier alpha value is 0.310. The van der Waals surface area contributed by atoms with Crippen LogP contribution in [-0.4, -0.2) is 18.1 Å². The molecule has 0 aliphatic heterocycles. The van der Waals surface area contributed by atoms with Crippen molar-refractivity contribution in [3.05, 3.63) is 0 Å². The van der Waals surface area contributed by atoms with Crippen molar-refractivity contribution in [2.45, 2.75) is 59.3 Å². The summed E-state index contributed by atoms with van der Waals surface area (Å²) in [5.41, 5.74) is 0. The van der Waals surface area contributed by atoms with Crippen molar-refractivity contribution in [2.75, 3.05) is 13.2 Å². The third-order valence-electron chi connectivity index (χ3n) is 2.33. The van der Waals surface area contributed by atoms with Gasteiger partial charge in [0.05, 0.1) is 13.2 Å². The maximum Gasteiger partial charge on any atom is 0.329 e. The molecular weight excluding hydrogens is 223 g/mol. The van der Waals surface area contributed by atoms with Crippen molar-refractivity contribution < 1.29 is 13.9 Å².